The van der Waals surface area contributed by atoms with Crippen LogP contribution in [0.4, 0.5) is 0 Å². The van der Waals surface area contributed by atoms with Gasteiger partial charge in [0.25, 0.3) is 0 Å². The maximum atomic E-state index is 5.46. The van der Waals surface area contributed by atoms with Crippen molar-refractivity contribution in [1.82, 2.24) is 15.5 Å². The molecule has 6 nitrogen and oxygen atoms in total. The molecule has 1 aromatic rings. The monoisotopic (exact) mass is 257 g/mol. The van der Waals surface area contributed by atoms with Crippen molar-refractivity contribution in [2.45, 2.75) is 39.3 Å². The largest absolute Gasteiger partial charge is 0.423 e. The van der Waals surface area contributed by atoms with Crippen LogP contribution in [0.25, 0.3) is 0 Å². The Morgan fingerprint density at radius 2 is 2.00 bits per heavy atom. The van der Waals surface area contributed by atoms with E-state index in [1.54, 1.807) is 7.11 Å². The van der Waals surface area contributed by atoms with Gasteiger partial charge in [0, 0.05) is 19.6 Å². The van der Waals surface area contributed by atoms with Crippen molar-refractivity contribution in [2.24, 2.45) is 0 Å². The van der Waals surface area contributed by atoms with Crippen molar-refractivity contribution < 1.29 is 13.9 Å². The van der Waals surface area contributed by atoms with Gasteiger partial charge in [0.2, 0.25) is 11.8 Å². The van der Waals surface area contributed by atoms with E-state index in [0.717, 1.165) is 19.4 Å². The van der Waals surface area contributed by atoms with Crippen LogP contribution in [0.15, 0.2) is 4.42 Å². The number of aromatic nitrogens is 2. The predicted octanol–water partition coefficient (Wildman–Crippen LogP) is 1.16. The van der Waals surface area contributed by atoms with E-state index in [1.165, 1.54) is 0 Å². The zero-order valence-corrected chi connectivity index (χ0v) is 11.4. The molecule has 0 atom stereocenters. The molecule has 0 aromatic carbocycles. The molecule has 0 amide bonds. The van der Waals surface area contributed by atoms with Gasteiger partial charge in [0.1, 0.15) is 6.61 Å². The van der Waals surface area contributed by atoms with Gasteiger partial charge in [0.05, 0.1) is 13.2 Å². The summed E-state index contributed by atoms with van der Waals surface area (Å²) < 4.78 is 15.6. The molecule has 104 valence electrons. The van der Waals surface area contributed by atoms with E-state index in [4.69, 9.17) is 13.9 Å². The molecule has 18 heavy (non-hydrogen) atoms. The number of hydrogen-bond donors (Lipinski definition) is 1. The number of rotatable bonds is 10. The molecule has 1 heterocycles. The molecular weight excluding hydrogens is 234 g/mol. The maximum Gasteiger partial charge on any atom is 0.242 e. The summed E-state index contributed by atoms with van der Waals surface area (Å²) in [6, 6.07) is 0.512. The molecule has 1 N–H and O–H groups in total. The Morgan fingerprint density at radius 3 is 2.72 bits per heavy atom. The molecule has 0 spiro atoms. The van der Waals surface area contributed by atoms with Crippen molar-refractivity contribution in [3.63, 3.8) is 0 Å². The smallest absolute Gasteiger partial charge is 0.242 e. The molecular formula is C12H23N3O3. The van der Waals surface area contributed by atoms with Gasteiger partial charge in [-0.3, -0.25) is 0 Å². The molecule has 0 saturated carbocycles. The Hall–Kier alpha value is -0.980. The van der Waals surface area contributed by atoms with E-state index in [2.05, 4.69) is 29.4 Å². The number of ether oxygens (including phenoxy) is 2. The first-order valence-electron chi connectivity index (χ1n) is 6.33. The summed E-state index contributed by atoms with van der Waals surface area (Å²) in [7, 11) is 1.64. The van der Waals surface area contributed by atoms with E-state index in [-0.39, 0.29) is 0 Å². The Labute approximate surface area is 108 Å². The summed E-state index contributed by atoms with van der Waals surface area (Å²) in [6.07, 6.45) is 1.79. The summed E-state index contributed by atoms with van der Waals surface area (Å²) in [5, 5.41) is 11.2. The molecule has 0 radical (unpaired) electrons. The van der Waals surface area contributed by atoms with Gasteiger partial charge >= 0.3 is 0 Å². The first-order chi connectivity index (χ1) is 8.72. The molecule has 1 rings (SSSR count). The van der Waals surface area contributed by atoms with E-state index >= 15 is 0 Å². The highest BCUT2D eigenvalue weighted by Gasteiger charge is 2.05. The third-order valence-electron chi connectivity index (χ3n) is 2.29. The average Bonchev–Trinajstić information content (AvgIpc) is 2.78. The second kappa shape index (κ2) is 9.02. The summed E-state index contributed by atoms with van der Waals surface area (Å²) in [5.41, 5.74) is 0. The van der Waals surface area contributed by atoms with Gasteiger partial charge in [-0.25, -0.2) is 0 Å². The van der Waals surface area contributed by atoms with Crippen LogP contribution in [0, 0.1) is 0 Å². The van der Waals surface area contributed by atoms with E-state index in [9.17, 15) is 0 Å². The minimum Gasteiger partial charge on any atom is -0.423 e. The van der Waals surface area contributed by atoms with Gasteiger partial charge in [-0.2, -0.15) is 0 Å². The van der Waals surface area contributed by atoms with Crippen LogP contribution in [0.1, 0.15) is 32.0 Å². The molecule has 1 aromatic heterocycles. The van der Waals surface area contributed by atoms with Crippen molar-refractivity contribution >= 4 is 0 Å². The number of aryl methyl sites for hydroxylation is 1. The lowest BCUT2D eigenvalue weighted by Gasteiger charge is -2.05. The van der Waals surface area contributed by atoms with Crippen molar-refractivity contribution in [3.05, 3.63) is 11.8 Å². The van der Waals surface area contributed by atoms with Crippen molar-refractivity contribution in [2.75, 3.05) is 26.9 Å². The molecule has 0 bridgehead atoms. The van der Waals surface area contributed by atoms with Crippen LogP contribution in [0.2, 0.25) is 0 Å². The Kier molecular flexibility index (Phi) is 7.55. The summed E-state index contributed by atoms with van der Waals surface area (Å²) >= 11 is 0. The standard InChI is InChI=1S/C12H23N3O3/c1-10(2)13-6-4-5-11-14-15-12(18-11)9-17-8-7-16-3/h10,13H,4-9H2,1-3H3. The predicted molar refractivity (Wildman–Crippen MR) is 67.3 cm³/mol. The second-order valence-corrected chi connectivity index (χ2v) is 4.35. The number of nitrogens with zero attached hydrogens (tertiary/aromatic N) is 2. The first-order valence-corrected chi connectivity index (χ1v) is 6.33. The fourth-order valence-corrected chi connectivity index (χ4v) is 1.38. The van der Waals surface area contributed by atoms with Gasteiger partial charge in [-0.15, -0.1) is 10.2 Å². The quantitative estimate of drug-likeness (QED) is 0.634. The normalized spacial score (nSPS) is 11.3. The third kappa shape index (κ3) is 6.68. The van der Waals surface area contributed by atoms with Crippen LogP contribution in [-0.4, -0.2) is 43.1 Å². The molecule has 0 fully saturated rings. The number of hydrogen-bond acceptors (Lipinski definition) is 6. The van der Waals surface area contributed by atoms with Gasteiger partial charge in [0.15, 0.2) is 0 Å². The summed E-state index contributed by atoms with van der Waals surface area (Å²) in [6.45, 7) is 6.67. The maximum absolute atomic E-state index is 5.46. The number of methoxy groups -OCH3 is 1. The Bertz CT molecular complexity index is 315. The lowest BCUT2D eigenvalue weighted by molar-refractivity contribution is 0.0513. The fraction of sp³-hybridized carbons (Fsp3) is 0.833. The molecule has 6 heteroatoms. The van der Waals surface area contributed by atoms with E-state index in [0.29, 0.717) is 37.6 Å². The Balaban J connectivity index is 2.13. The minimum absolute atomic E-state index is 0.348. The summed E-state index contributed by atoms with van der Waals surface area (Å²) in [4.78, 5) is 0. The van der Waals surface area contributed by atoms with Crippen LogP contribution in [0.3, 0.4) is 0 Å². The number of nitrogens with one attached hydrogen (secondary N) is 1. The highest BCUT2D eigenvalue weighted by Crippen LogP contribution is 2.03. The lowest BCUT2D eigenvalue weighted by atomic mass is 10.3. The summed E-state index contributed by atoms with van der Waals surface area (Å²) in [5.74, 6) is 1.20. The second-order valence-electron chi connectivity index (χ2n) is 4.35. The van der Waals surface area contributed by atoms with Crippen molar-refractivity contribution in [3.8, 4) is 0 Å². The lowest BCUT2D eigenvalue weighted by Crippen LogP contribution is -2.23. The highest BCUT2D eigenvalue weighted by molar-refractivity contribution is 4.80. The van der Waals surface area contributed by atoms with Gasteiger partial charge in [-0.1, -0.05) is 13.8 Å². The van der Waals surface area contributed by atoms with Gasteiger partial charge < -0.3 is 19.2 Å². The van der Waals surface area contributed by atoms with Crippen LogP contribution in [0.5, 0.6) is 0 Å². The molecule has 0 aliphatic rings. The molecule has 0 aliphatic carbocycles. The zero-order valence-electron chi connectivity index (χ0n) is 11.4. The van der Waals surface area contributed by atoms with Crippen LogP contribution in [-0.2, 0) is 22.5 Å². The molecule has 0 saturated heterocycles. The highest BCUT2D eigenvalue weighted by atomic mass is 16.5. The first kappa shape index (κ1) is 15.1. The zero-order chi connectivity index (χ0) is 13.2. The van der Waals surface area contributed by atoms with Gasteiger partial charge in [-0.05, 0) is 13.0 Å². The average molecular weight is 257 g/mol. The molecule has 0 aliphatic heterocycles. The fourth-order valence-electron chi connectivity index (χ4n) is 1.38. The van der Waals surface area contributed by atoms with E-state index in [1.807, 2.05) is 0 Å². The third-order valence-corrected chi connectivity index (χ3v) is 2.29. The topological polar surface area (TPSA) is 69.4 Å². The Morgan fingerprint density at radius 1 is 1.22 bits per heavy atom. The van der Waals surface area contributed by atoms with Crippen LogP contribution < -0.4 is 5.32 Å². The SMILES string of the molecule is COCCOCc1nnc(CCCNC(C)C)o1. The van der Waals surface area contributed by atoms with Crippen molar-refractivity contribution in [1.29, 1.82) is 0 Å². The van der Waals surface area contributed by atoms with E-state index < -0.39 is 0 Å². The minimum atomic E-state index is 0.348. The molecule has 0 unspecified atom stereocenters. The van der Waals surface area contributed by atoms with Crippen LogP contribution >= 0.6 is 0 Å².